The summed E-state index contributed by atoms with van der Waals surface area (Å²) < 4.78 is 11.1. The van der Waals surface area contributed by atoms with Crippen LogP contribution < -0.4 is 10.6 Å². The Morgan fingerprint density at radius 2 is 1.72 bits per heavy atom. The van der Waals surface area contributed by atoms with Crippen LogP contribution in [0.15, 0.2) is 29.3 Å². The molecule has 0 aliphatic rings. The van der Waals surface area contributed by atoms with Crippen molar-refractivity contribution in [2.24, 2.45) is 4.99 Å². The first kappa shape index (κ1) is 21.5. The summed E-state index contributed by atoms with van der Waals surface area (Å²) in [5.74, 6) is 0.849. The number of guanidine groups is 1. The molecule has 1 aromatic carbocycles. The zero-order chi connectivity index (χ0) is 18.2. The molecule has 0 saturated heterocycles. The molecule has 1 rings (SSSR count). The largest absolute Gasteiger partial charge is 0.381 e. The summed E-state index contributed by atoms with van der Waals surface area (Å²) in [7, 11) is 0. The Balaban J connectivity index is 2.44. The summed E-state index contributed by atoms with van der Waals surface area (Å²) in [6, 6.07) is 8.31. The molecule has 0 saturated carbocycles. The lowest BCUT2D eigenvalue weighted by atomic mass is 10.1. The molecule has 0 aliphatic carbocycles. The molecule has 0 spiro atoms. The van der Waals surface area contributed by atoms with E-state index in [1.54, 1.807) is 0 Å². The van der Waals surface area contributed by atoms with Gasteiger partial charge >= 0.3 is 0 Å². The van der Waals surface area contributed by atoms with Crippen molar-refractivity contribution in [1.29, 1.82) is 0 Å². The zero-order valence-corrected chi connectivity index (χ0v) is 16.1. The van der Waals surface area contributed by atoms with Gasteiger partial charge in [0.15, 0.2) is 5.96 Å². The second-order valence-corrected chi connectivity index (χ2v) is 5.85. The second kappa shape index (κ2) is 14.7. The van der Waals surface area contributed by atoms with Gasteiger partial charge in [-0.15, -0.1) is 0 Å². The monoisotopic (exact) mass is 349 g/mol. The Labute approximate surface area is 153 Å². The van der Waals surface area contributed by atoms with E-state index in [4.69, 9.17) is 14.5 Å². The predicted molar refractivity (Wildman–Crippen MR) is 105 cm³/mol. The first-order chi connectivity index (χ1) is 12.3. The molecule has 0 bridgehead atoms. The molecule has 0 unspecified atom stereocenters. The van der Waals surface area contributed by atoms with Crippen molar-refractivity contribution in [2.45, 2.75) is 53.2 Å². The SMILES string of the molecule is CCCCOCCCNC(=NCc1ccccc1COCC)NCC. The van der Waals surface area contributed by atoms with Crippen molar-refractivity contribution in [3.63, 3.8) is 0 Å². The summed E-state index contributed by atoms with van der Waals surface area (Å²) in [6.07, 6.45) is 3.30. The van der Waals surface area contributed by atoms with Gasteiger partial charge in [-0.05, 0) is 37.8 Å². The van der Waals surface area contributed by atoms with Gasteiger partial charge in [-0.1, -0.05) is 37.6 Å². The molecule has 5 nitrogen and oxygen atoms in total. The van der Waals surface area contributed by atoms with E-state index in [9.17, 15) is 0 Å². The van der Waals surface area contributed by atoms with Gasteiger partial charge in [-0.2, -0.15) is 0 Å². The highest BCUT2D eigenvalue weighted by Gasteiger charge is 2.02. The highest BCUT2D eigenvalue weighted by molar-refractivity contribution is 5.79. The summed E-state index contributed by atoms with van der Waals surface area (Å²) >= 11 is 0. The van der Waals surface area contributed by atoms with Crippen LogP contribution in [0.1, 0.15) is 51.2 Å². The van der Waals surface area contributed by atoms with Gasteiger partial charge in [0, 0.05) is 32.9 Å². The van der Waals surface area contributed by atoms with Crippen LogP contribution in [0, 0.1) is 0 Å². The van der Waals surface area contributed by atoms with Gasteiger partial charge in [0.05, 0.1) is 13.2 Å². The number of aliphatic imine (C=N–C) groups is 1. The highest BCUT2D eigenvalue weighted by Crippen LogP contribution is 2.11. The molecule has 5 heteroatoms. The summed E-state index contributed by atoms with van der Waals surface area (Å²) in [5, 5.41) is 6.67. The van der Waals surface area contributed by atoms with E-state index >= 15 is 0 Å². The fourth-order valence-electron chi connectivity index (χ4n) is 2.30. The number of hydrogen-bond acceptors (Lipinski definition) is 3. The van der Waals surface area contributed by atoms with Crippen molar-refractivity contribution >= 4 is 5.96 Å². The van der Waals surface area contributed by atoms with Gasteiger partial charge in [0.1, 0.15) is 0 Å². The Morgan fingerprint density at radius 3 is 2.44 bits per heavy atom. The number of benzene rings is 1. The van der Waals surface area contributed by atoms with E-state index in [-0.39, 0.29) is 0 Å². The first-order valence-corrected chi connectivity index (χ1v) is 9.56. The van der Waals surface area contributed by atoms with Crippen LogP contribution in [-0.4, -0.2) is 38.9 Å². The second-order valence-electron chi connectivity index (χ2n) is 5.85. The summed E-state index contributed by atoms with van der Waals surface area (Å²) in [4.78, 5) is 4.70. The van der Waals surface area contributed by atoms with Crippen LogP contribution in [0.5, 0.6) is 0 Å². The first-order valence-electron chi connectivity index (χ1n) is 9.56. The maximum atomic E-state index is 5.58. The molecule has 25 heavy (non-hydrogen) atoms. The maximum absolute atomic E-state index is 5.58. The topological polar surface area (TPSA) is 54.9 Å². The number of hydrogen-bond donors (Lipinski definition) is 2. The molecule has 0 heterocycles. The number of nitrogens with zero attached hydrogens (tertiary/aromatic N) is 1. The smallest absolute Gasteiger partial charge is 0.191 e. The number of rotatable bonds is 13. The zero-order valence-electron chi connectivity index (χ0n) is 16.1. The lowest BCUT2D eigenvalue weighted by Gasteiger charge is -2.12. The van der Waals surface area contributed by atoms with Crippen LogP contribution >= 0.6 is 0 Å². The van der Waals surface area contributed by atoms with Crippen LogP contribution in [0.25, 0.3) is 0 Å². The maximum Gasteiger partial charge on any atom is 0.191 e. The number of unbranched alkanes of at least 4 members (excludes halogenated alkanes) is 1. The van der Waals surface area contributed by atoms with E-state index in [1.165, 1.54) is 17.5 Å². The minimum Gasteiger partial charge on any atom is -0.381 e. The third-order valence-electron chi connectivity index (χ3n) is 3.73. The molecule has 142 valence electrons. The van der Waals surface area contributed by atoms with Gasteiger partial charge < -0.3 is 20.1 Å². The van der Waals surface area contributed by atoms with Gasteiger partial charge in [-0.3, -0.25) is 0 Å². The molecular weight excluding hydrogens is 314 g/mol. The number of nitrogens with one attached hydrogen (secondary N) is 2. The molecule has 1 aromatic rings. The van der Waals surface area contributed by atoms with Gasteiger partial charge in [0.25, 0.3) is 0 Å². The van der Waals surface area contributed by atoms with E-state index in [0.717, 1.165) is 51.7 Å². The third-order valence-corrected chi connectivity index (χ3v) is 3.73. The Kier molecular flexibility index (Phi) is 12.6. The van der Waals surface area contributed by atoms with Crippen molar-refractivity contribution in [3.05, 3.63) is 35.4 Å². The molecule has 0 atom stereocenters. The Bertz CT molecular complexity index is 478. The van der Waals surface area contributed by atoms with Crippen molar-refractivity contribution in [1.82, 2.24) is 10.6 Å². The van der Waals surface area contributed by atoms with E-state index < -0.39 is 0 Å². The van der Waals surface area contributed by atoms with Gasteiger partial charge in [0.2, 0.25) is 0 Å². The third kappa shape index (κ3) is 10.1. The molecule has 0 fully saturated rings. The minimum atomic E-state index is 0.640. The van der Waals surface area contributed by atoms with E-state index in [0.29, 0.717) is 13.2 Å². The lowest BCUT2D eigenvalue weighted by Crippen LogP contribution is -2.38. The average molecular weight is 350 g/mol. The Morgan fingerprint density at radius 1 is 0.960 bits per heavy atom. The predicted octanol–water partition coefficient (Wildman–Crippen LogP) is 3.49. The molecule has 2 N–H and O–H groups in total. The minimum absolute atomic E-state index is 0.640. The van der Waals surface area contributed by atoms with E-state index in [2.05, 4.69) is 36.6 Å². The Hall–Kier alpha value is -1.59. The fourth-order valence-corrected chi connectivity index (χ4v) is 2.30. The lowest BCUT2D eigenvalue weighted by molar-refractivity contribution is 0.129. The van der Waals surface area contributed by atoms with E-state index in [1.807, 2.05) is 19.1 Å². The highest BCUT2D eigenvalue weighted by atomic mass is 16.5. The summed E-state index contributed by atoms with van der Waals surface area (Å²) in [6.45, 7) is 11.6. The van der Waals surface area contributed by atoms with Crippen LogP contribution in [-0.2, 0) is 22.6 Å². The normalized spacial score (nSPS) is 11.6. The molecule has 0 amide bonds. The van der Waals surface area contributed by atoms with Crippen molar-refractivity contribution < 1.29 is 9.47 Å². The van der Waals surface area contributed by atoms with Crippen molar-refractivity contribution in [3.8, 4) is 0 Å². The fraction of sp³-hybridized carbons (Fsp3) is 0.650. The van der Waals surface area contributed by atoms with Crippen molar-refractivity contribution in [2.75, 3.05) is 32.9 Å². The molecular formula is C20H35N3O2. The van der Waals surface area contributed by atoms with Crippen LogP contribution in [0.2, 0.25) is 0 Å². The standard InChI is InChI=1S/C20H35N3O2/c1-4-7-14-25-15-10-13-22-20(21-5-2)23-16-18-11-8-9-12-19(18)17-24-6-3/h8-9,11-12H,4-7,10,13-17H2,1-3H3,(H2,21,22,23). The number of ether oxygens (including phenoxy) is 2. The molecule has 0 aromatic heterocycles. The van der Waals surface area contributed by atoms with Crippen LogP contribution in [0.3, 0.4) is 0 Å². The average Bonchev–Trinajstić information content (AvgIpc) is 2.64. The molecule has 0 radical (unpaired) electrons. The quantitative estimate of drug-likeness (QED) is 0.325. The van der Waals surface area contributed by atoms with Crippen LogP contribution in [0.4, 0.5) is 0 Å². The van der Waals surface area contributed by atoms with Gasteiger partial charge in [-0.25, -0.2) is 4.99 Å². The molecule has 0 aliphatic heterocycles. The summed E-state index contributed by atoms with van der Waals surface area (Å²) in [5.41, 5.74) is 2.41.